The molecule has 45 heavy (non-hydrogen) atoms. The zero-order valence-electron chi connectivity index (χ0n) is 25.8. The Kier molecular flexibility index (Phi) is 7.61. The number of aryl methyl sites for hydroxylation is 2. The van der Waals surface area contributed by atoms with Crippen LogP contribution in [-0.2, 0) is 10.0 Å². The number of rotatable bonds is 8. The molecular weight excluding hydrogens is 611 g/mol. The fourth-order valence-corrected chi connectivity index (χ4v) is 7.20. The lowest BCUT2D eigenvalue weighted by atomic mass is 9.94. The molecule has 0 radical (unpaired) electrons. The number of nitrogens with two attached hydrogens (primary N) is 1. The molecule has 13 heteroatoms. The van der Waals surface area contributed by atoms with Gasteiger partial charge in [-0.05, 0) is 55.7 Å². The number of nitrogens with zero attached hydrogens (tertiary/aromatic N) is 6. The second kappa shape index (κ2) is 11.3. The molecule has 1 atom stereocenters. The van der Waals surface area contributed by atoms with Gasteiger partial charge in [-0.3, -0.25) is 13.5 Å². The largest absolute Gasteiger partial charge is 0.495 e. The number of benzene rings is 2. The molecule has 6 aromatic rings. The first-order valence-corrected chi connectivity index (χ1v) is 17.0. The van der Waals surface area contributed by atoms with Crippen molar-refractivity contribution in [1.29, 1.82) is 0 Å². The maximum Gasteiger partial charge on any atom is 0.264 e. The fraction of sp³-hybridized carbons (Fsp3) is 0.250. The summed E-state index contributed by atoms with van der Waals surface area (Å²) < 4.78 is 35.2. The van der Waals surface area contributed by atoms with Crippen LogP contribution in [0.3, 0.4) is 0 Å². The summed E-state index contributed by atoms with van der Waals surface area (Å²) in [6.07, 6.45) is 3.11. The van der Waals surface area contributed by atoms with Gasteiger partial charge in [-0.2, -0.15) is 5.10 Å². The van der Waals surface area contributed by atoms with E-state index >= 15 is 0 Å². The molecule has 0 unspecified atom stereocenters. The molecule has 11 nitrogen and oxygen atoms in total. The van der Waals surface area contributed by atoms with E-state index in [9.17, 15) is 13.2 Å². The first-order chi connectivity index (χ1) is 21.4. The average Bonchev–Trinajstić information content (AvgIpc) is 3.58. The minimum atomic E-state index is -3.59. The Morgan fingerprint density at radius 2 is 1.87 bits per heavy atom. The quantitative estimate of drug-likeness (QED) is 0.232. The number of fused-ring (bicyclic) bond motifs is 2. The van der Waals surface area contributed by atoms with E-state index in [1.807, 2.05) is 50.4 Å². The average molecular weight is 644 g/mol. The first-order valence-electron chi connectivity index (χ1n) is 14.3. The molecule has 2 aromatic carbocycles. The normalized spacial score (nSPS) is 12.6. The Labute approximate surface area is 264 Å². The minimum Gasteiger partial charge on any atom is -0.495 e. The van der Waals surface area contributed by atoms with E-state index in [4.69, 9.17) is 15.6 Å². The Balaban J connectivity index is 1.64. The van der Waals surface area contributed by atoms with E-state index in [1.165, 1.54) is 31.8 Å². The molecule has 0 amide bonds. The fourth-order valence-electron chi connectivity index (χ4n) is 5.78. The Morgan fingerprint density at radius 3 is 2.56 bits per heavy atom. The van der Waals surface area contributed by atoms with Crippen molar-refractivity contribution in [1.82, 2.24) is 24.1 Å². The van der Waals surface area contributed by atoms with Crippen LogP contribution in [0.2, 0.25) is 0 Å². The highest BCUT2D eigenvalue weighted by atomic mass is 32.2. The lowest BCUT2D eigenvalue weighted by Crippen LogP contribution is -2.25. The Hall–Kier alpha value is -4.75. The van der Waals surface area contributed by atoms with Crippen LogP contribution in [0.1, 0.15) is 36.2 Å². The second-order valence-electron chi connectivity index (χ2n) is 11.0. The molecule has 6 rings (SSSR count). The SMILES string of the molecule is CC[C@@H](c1cc2scc(C)n2c(=O)c1-c1cccc(C)c1)n1nc(-c2ccc(OC)c(N(C)S(C)(=O)=O)c2)c2c(N)ncnc21. The molecule has 2 N–H and O–H groups in total. The van der Waals surface area contributed by atoms with Crippen molar-refractivity contribution in [3.63, 3.8) is 0 Å². The molecule has 0 bridgehead atoms. The van der Waals surface area contributed by atoms with Crippen molar-refractivity contribution in [2.24, 2.45) is 0 Å². The first kappa shape index (κ1) is 30.3. The van der Waals surface area contributed by atoms with Crippen LogP contribution >= 0.6 is 11.3 Å². The Morgan fingerprint density at radius 1 is 1.09 bits per heavy atom. The highest BCUT2D eigenvalue weighted by molar-refractivity contribution is 7.92. The summed E-state index contributed by atoms with van der Waals surface area (Å²) in [4.78, 5) is 23.9. The number of hydrogen-bond acceptors (Lipinski definition) is 9. The van der Waals surface area contributed by atoms with Crippen molar-refractivity contribution >= 4 is 48.7 Å². The molecule has 0 saturated heterocycles. The third kappa shape index (κ3) is 5.11. The zero-order valence-corrected chi connectivity index (χ0v) is 27.4. The van der Waals surface area contributed by atoms with E-state index in [0.717, 1.165) is 37.8 Å². The molecule has 0 fully saturated rings. The smallest absolute Gasteiger partial charge is 0.264 e. The summed E-state index contributed by atoms with van der Waals surface area (Å²) in [5, 5.41) is 7.58. The molecule has 0 saturated carbocycles. The van der Waals surface area contributed by atoms with Gasteiger partial charge in [-0.25, -0.2) is 23.1 Å². The molecule has 0 aliphatic carbocycles. The number of methoxy groups -OCH3 is 1. The predicted octanol–water partition coefficient (Wildman–Crippen LogP) is 5.44. The van der Waals surface area contributed by atoms with E-state index in [2.05, 4.69) is 16.0 Å². The molecule has 232 valence electrons. The highest BCUT2D eigenvalue weighted by Gasteiger charge is 2.28. The van der Waals surface area contributed by atoms with Crippen LogP contribution in [0, 0.1) is 13.8 Å². The van der Waals surface area contributed by atoms with Gasteiger partial charge < -0.3 is 10.5 Å². The van der Waals surface area contributed by atoms with Crippen molar-refractivity contribution < 1.29 is 13.2 Å². The summed E-state index contributed by atoms with van der Waals surface area (Å²) in [7, 11) is -0.646. The van der Waals surface area contributed by atoms with Gasteiger partial charge in [0.05, 0.1) is 36.0 Å². The lowest BCUT2D eigenvalue weighted by molar-refractivity contribution is 0.416. The summed E-state index contributed by atoms with van der Waals surface area (Å²) in [5.74, 6) is 0.613. The van der Waals surface area contributed by atoms with Crippen LogP contribution in [0.15, 0.2) is 65.0 Å². The zero-order chi connectivity index (χ0) is 32.2. The van der Waals surface area contributed by atoms with Crippen LogP contribution in [0.25, 0.3) is 38.2 Å². The van der Waals surface area contributed by atoms with Crippen molar-refractivity contribution in [3.8, 4) is 28.1 Å². The number of aromatic nitrogens is 5. The van der Waals surface area contributed by atoms with E-state index in [-0.39, 0.29) is 11.4 Å². The van der Waals surface area contributed by atoms with E-state index < -0.39 is 16.1 Å². The predicted molar refractivity (Wildman–Crippen MR) is 180 cm³/mol. The van der Waals surface area contributed by atoms with Crippen molar-refractivity contribution in [3.05, 3.63) is 87.4 Å². The Bertz CT molecular complexity index is 2270. The summed E-state index contributed by atoms with van der Waals surface area (Å²) in [5.41, 5.74) is 12.4. The highest BCUT2D eigenvalue weighted by Crippen LogP contribution is 2.40. The third-order valence-electron chi connectivity index (χ3n) is 8.06. The second-order valence-corrected chi connectivity index (χ2v) is 13.9. The number of anilines is 2. The molecule has 0 aliphatic heterocycles. The topological polar surface area (TPSA) is 138 Å². The number of sulfonamides is 1. The van der Waals surface area contributed by atoms with Gasteiger partial charge >= 0.3 is 0 Å². The van der Waals surface area contributed by atoms with Crippen molar-refractivity contribution in [2.45, 2.75) is 33.2 Å². The van der Waals surface area contributed by atoms with Gasteiger partial charge in [-0.15, -0.1) is 11.3 Å². The van der Waals surface area contributed by atoms with Crippen LogP contribution in [0.5, 0.6) is 5.75 Å². The number of thiazole rings is 1. The third-order valence-corrected chi connectivity index (χ3v) is 10.3. The van der Waals surface area contributed by atoms with Gasteiger partial charge in [-0.1, -0.05) is 36.8 Å². The van der Waals surface area contributed by atoms with Gasteiger partial charge in [0.1, 0.15) is 28.4 Å². The van der Waals surface area contributed by atoms with Gasteiger partial charge in [0, 0.05) is 23.7 Å². The summed E-state index contributed by atoms with van der Waals surface area (Å²) >= 11 is 1.51. The monoisotopic (exact) mass is 643 g/mol. The van der Waals surface area contributed by atoms with Crippen LogP contribution in [-0.4, -0.2) is 53.0 Å². The number of pyridine rings is 1. The summed E-state index contributed by atoms with van der Waals surface area (Å²) in [6, 6.07) is 14.8. The van der Waals surface area contributed by atoms with Crippen LogP contribution in [0.4, 0.5) is 11.5 Å². The van der Waals surface area contributed by atoms with Gasteiger partial charge in [0.15, 0.2) is 5.65 Å². The van der Waals surface area contributed by atoms with Gasteiger partial charge in [0.2, 0.25) is 10.0 Å². The number of hydrogen-bond donors (Lipinski definition) is 1. The number of nitrogen functional groups attached to an aromatic ring is 1. The maximum atomic E-state index is 14.2. The van der Waals surface area contributed by atoms with Crippen molar-refractivity contribution in [2.75, 3.05) is 30.5 Å². The molecule has 4 heterocycles. The summed E-state index contributed by atoms with van der Waals surface area (Å²) in [6.45, 7) is 5.97. The van der Waals surface area contributed by atoms with Crippen LogP contribution < -0.4 is 20.3 Å². The molecular formula is C32H33N7O4S2. The van der Waals surface area contributed by atoms with E-state index in [1.54, 1.807) is 27.3 Å². The van der Waals surface area contributed by atoms with Gasteiger partial charge in [0.25, 0.3) is 5.56 Å². The molecule has 0 aliphatic rings. The lowest BCUT2D eigenvalue weighted by Gasteiger charge is -2.21. The van der Waals surface area contributed by atoms with E-state index in [0.29, 0.717) is 45.7 Å². The maximum absolute atomic E-state index is 14.2. The number of ether oxygens (including phenoxy) is 1. The standard InChI is InChI=1S/C32H33N7O4S2/c1-7-23(22-15-26-38(19(3)16-44-26)32(40)27(22)20-10-8-9-18(2)13-20)39-31-28(30(33)34-17-35-31)29(36-39)21-11-12-25(43-5)24(14-21)37(4)45(6,41)42/h8-17,23H,7H2,1-6H3,(H2,33,34,35)/t23-/m0/s1. The minimum absolute atomic E-state index is 0.0975. The molecule has 4 aromatic heterocycles. The molecule has 0 spiro atoms.